The summed E-state index contributed by atoms with van der Waals surface area (Å²) >= 11 is 0. The van der Waals surface area contributed by atoms with E-state index in [1.54, 1.807) is 0 Å². The first kappa shape index (κ1) is 11.0. The van der Waals surface area contributed by atoms with Gasteiger partial charge in [-0.05, 0) is 26.1 Å². The number of carbonyl (C=O) groups is 1. The van der Waals surface area contributed by atoms with Crippen molar-refractivity contribution < 1.29 is 4.79 Å². The summed E-state index contributed by atoms with van der Waals surface area (Å²) in [4.78, 5) is 13.7. The van der Waals surface area contributed by atoms with Crippen LogP contribution >= 0.6 is 0 Å². The standard InChI is InChI=1S/C12H17N3O/c1-9(13-2)8-15-11-6-4-3-5-10(11)14-7-12(15)16/h3-6,9,13-14H,7-8H2,1-2H3. The van der Waals surface area contributed by atoms with Gasteiger partial charge in [0, 0.05) is 12.6 Å². The maximum Gasteiger partial charge on any atom is 0.246 e. The fourth-order valence-corrected chi connectivity index (χ4v) is 1.82. The minimum atomic E-state index is 0.126. The zero-order valence-electron chi connectivity index (χ0n) is 9.66. The van der Waals surface area contributed by atoms with E-state index in [1.807, 2.05) is 36.2 Å². The molecule has 0 fully saturated rings. The van der Waals surface area contributed by atoms with Crippen molar-refractivity contribution in [3.05, 3.63) is 24.3 Å². The molecule has 1 aromatic carbocycles. The van der Waals surface area contributed by atoms with Gasteiger partial charge in [-0.25, -0.2) is 0 Å². The number of nitrogens with zero attached hydrogens (tertiary/aromatic N) is 1. The Morgan fingerprint density at radius 1 is 1.50 bits per heavy atom. The van der Waals surface area contributed by atoms with Crippen molar-refractivity contribution in [3.63, 3.8) is 0 Å². The van der Waals surface area contributed by atoms with Gasteiger partial charge in [0.15, 0.2) is 0 Å². The van der Waals surface area contributed by atoms with Crippen molar-refractivity contribution in [3.8, 4) is 0 Å². The highest BCUT2D eigenvalue weighted by atomic mass is 16.2. The number of nitrogens with one attached hydrogen (secondary N) is 2. The average molecular weight is 219 g/mol. The Balaban J connectivity index is 2.26. The number of carbonyl (C=O) groups excluding carboxylic acids is 1. The van der Waals surface area contributed by atoms with Gasteiger partial charge >= 0.3 is 0 Å². The second-order valence-electron chi connectivity index (χ2n) is 4.06. The predicted molar refractivity (Wildman–Crippen MR) is 65.8 cm³/mol. The molecule has 1 unspecified atom stereocenters. The van der Waals surface area contributed by atoms with Crippen LogP contribution in [0, 0.1) is 0 Å². The van der Waals surface area contributed by atoms with Crippen LogP contribution in [-0.4, -0.2) is 32.1 Å². The Kier molecular flexibility index (Phi) is 3.10. The number of hydrogen-bond acceptors (Lipinski definition) is 3. The molecule has 86 valence electrons. The molecule has 4 heteroatoms. The second kappa shape index (κ2) is 4.53. The molecule has 1 aliphatic heterocycles. The van der Waals surface area contributed by atoms with Crippen LogP contribution in [0.25, 0.3) is 0 Å². The largest absolute Gasteiger partial charge is 0.374 e. The number of rotatable bonds is 3. The van der Waals surface area contributed by atoms with E-state index in [0.717, 1.165) is 11.4 Å². The lowest BCUT2D eigenvalue weighted by Crippen LogP contribution is -2.46. The number of hydrogen-bond donors (Lipinski definition) is 2. The summed E-state index contributed by atoms with van der Waals surface area (Å²) in [7, 11) is 1.91. The number of para-hydroxylation sites is 2. The van der Waals surface area contributed by atoms with Crippen LogP contribution in [0.3, 0.4) is 0 Å². The van der Waals surface area contributed by atoms with Crippen LogP contribution in [0.15, 0.2) is 24.3 Å². The molecular weight excluding hydrogens is 202 g/mol. The first-order valence-electron chi connectivity index (χ1n) is 5.53. The third kappa shape index (κ3) is 2.02. The van der Waals surface area contributed by atoms with Gasteiger partial charge in [0.25, 0.3) is 0 Å². The Morgan fingerprint density at radius 2 is 2.25 bits per heavy atom. The molecule has 4 nitrogen and oxygen atoms in total. The van der Waals surface area contributed by atoms with Crippen molar-refractivity contribution in [2.45, 2.75) is 13.0 Å². The van der Waals surface area contributed by atoms with Crippen LogP contribution in [0.1, 0.15) is 6.92 Å². The quantitative estimate of drug-likeness (QED) is 0.798. The van der Waals surface area contributed by atoms with Crippen molar-refractivity contribution in [1.82, 2.24) is 5.32 Å². The molecule has 2 N–H and O–H groups in total. The molecular formula is C12H17N3O. The zero-order valence-corrected chi connectivity index (χ0v) is 9.66. The molecule has 1 atom stereocenters. The Hall–Kier alpha value is -1.55. The highest BCUT2D eigenvalue weighted by Crippen LogP contribution is 2.28. The molecule has 0 saturated heterocycles. The molecule has 2 rings (SSSR count). The molecule has 0 aliphatic carbocycles. The Bertz CT molecular complexity index is 392. The zero-order chi connectivity index (χ0) is 11.5. The van der Waals surface area contributed by atoms with Gasteiger partial charge < -0.3 is 15.5 Å². The third-order valence-corrected chi connectivity index (χ3v) is 2.88. The van der Waals surface area contributed by atoms with Crippen LogP contribution in [0.2, 0.25) is 0 Å². The van der Waals surface area contributed by atoms with E-state index < -0.39 is 0 Å². The predicted octanol–water partition coefficient (Wildman–Crippen LogP) is 1.05. The lowest BCUT2D eigenvalue weighted by atomic mass is 10.1. The molecule has 1 heterocycles. The van der Waals surface area contributed by atoms with E-state index in [1.165, 1.54) is 0 Å². The summed E-state index contributed by atoms with van der Waals surface area (Å²) < 4.78 is 0. The third-order valence-electron chi connectivity index (χ3n) is 2.88. The second-order valence-corrected chi connectivity index (χ2v) is 4.06. The molecule has 0 spiro atoms. The van der Waals surface area contributed by atoms with E-state index in [-0.39, 0.29) is 11.9 Å². The molecule has 0 aromatic heterocycles. The smallest absolute Gasteiger partial charge is 0.246 e. The molecule has 16 heavy (non-hydrogen) atoms. The SMILES string of the molecule is CNC(C)CN1C(=O)CNc2ccccc21. The molecule has 1 aliphatic rings. The fraction of sp³-hybridized carbons (Fsp3) is 0.417. The molecule has 0 saturated carbocycles. The van der Waals surface area contributed by atoms with Gasteiger partial charge in [0.05, 0.1) is 17.9 Å². The van der Waals surface area contributed by atoms with Crippen molar-refractivity contribution in [2.75, 3.05) is 30.4 Å². The summed E-state index contributed by atoms with van der Waals surface area (Å²) in [5.74, 6) is 0.126. The van der Waals surface area contributed by atoms with Gasteiger partial charge in [-0.15, -0.1) is 0 Å². The lowest BCUT2D eigenvalue weighted by molar-refractivity contribution is -0.117. The number of anilines is 2. The number of amides is 1. The van der Waals surface area contributed by atoms with Gasteiger partial charge in [-0.2, -0.15) is 0 Å². The number of fused-ring (bicyclic) bond motifs is 1. The summed E-state index contributed by atoms with van der Waals surface area (Å²) in [6.07, 6.45) is 0. The highest BCUT2D eigenvalue weighted by Gasteiger charge is 2.24. The summed E-state index contributed by atoms with van der Waals surface area (Å²) in [5.41, 5.74) is 2.01. The van der Waals surface area contributed by atoms with Crippen molar-refractivity contribution in [2.24, 2.45) is 0 Å². The van der Waals surface area contributed by atoms with E-state index in [4.69, 9.17) is 0 Å². The highest BCUT2D eigenvalue weighted by molar-refractivity contribution is 6.02. The van der Waals surface area contributed by atoms with E-state index in [0.29, 0.717) is 13.1 Å². The van der Waals surface area contributed by atoms with Crippen molar-refractivity contribution >= 4 is 17.3 Å². The number of likely N-dealkylation sites (N-methyl/N-ethyl adjacent to an activating group) is 1. The van der Waals surface area contributed by atoms with Gasteiger partial charge in [-0.3, -0.25) is 4.79 Å². The van der Waals surface area contributed by atoms with Crippen molar-refractivity contribution in [1.29, 1.82) is 0 Å². The van der Waals surface area contributed by atoms with Gasteiger partial charge in [-0.1, -0.05) is 12.1 Å². The van der Waals surface area contributed by atoms with Crippen LogP contribution in [0.4, 0.5) is 11.4 Å². The first-order valence-corrected chi connectivity index (χ1v) is 5.53. The van der Waals surface area contributed by atoms with Crippen LogP contribution in [-0.2, 0) is 4.79 Å². The Morgan fingerprint density at radius 3 is 3.00 bits per heavy atom. The molecule has 1 aromatic rings. The van der Waals surface area contributed by atoms with E-state index in [9.17, 15) is 4.79 Å². The molecule has 0 bridgehead atoms. The normalized spacial score (nSPS) is 16.6. The average Bonchev–Trinajstić information content (AvgIpc) is 2.32. The monoisotopic (exact) mass is 219 g/mol. The minimum absolute atomic E-state index is 0.126. The molecule has 0 radical (unpaired) electrons. The Labute approximate surface area is 95.6 Å². The van der Waals surface area contributed by atoms with Gasteiger partial charge in [0.2, 0.25) is 5.91 Å². The molecule has 1 amide bonds. The summed E-state index contributed by atoms with van der Waals surface area (Å²) in [6, 6.07) is 8.19. The lowest BCUT2D eigenvalue weighted by Gasteiger charge is -2.32. The maximum atomic E-state index is 11.8. The number of benzene rings is 1. The van der Waals surface area contributed by atoms with Gasteiger partial charge in [0.1, 0.15) is 0 Å². The maximum absolute atomic E-state index is 11.8. The van der Waals surface area contributed by atoms with E-state index in [2.05, 4.69) is 17.6 Å². The minimum Gasteiger partial charge on any atom is -0.374 e. The topological polar surface area (TPSA) is 44.4 Å². The summed E-state index contributed by atoms with van der Waals surface area (Å²) in [5, 5.41) is 6.27. The van der Waals surface area contributed by atoms with Crippen LogP contribution < -0.4 is 15.5 Å². The summed E-state index contributed by atoms with van der Waals surface area (Å²) in [6.45, 7) is 3.15. The first-order chi connectivity index (χ1) is 7.72. The van der Waals surface area contributed by atoms with E-state index >= 15 is 0 Å². The van der Waals surface area contributed by atoms with Crippen LogP contribution in [0.5, 0.6) is 0 Å². The fourth-order valence-electron chi connectivity index (χ4n) is 1.82.